The number of nitrogen functional groups attached to an aromatic ring is 1. The molecule has 1 aliphatic heterocycles. The van der Waals surface area contributed by atoms with E-state index in [1.54, 1.807) is 0 Å². The number of hydrogen-bond acceptors (Lipinski definition) is 11. The highest BCUT2D eigenvalue weighted by atomic mass is 31.3. The number of phosphoric acid groups is 3. The van der Waals surface area contributed by atoms with Crippen molar-refractivity contribution in [3.05, 3.63) is 22.7 Å². The number of halogens is 1. The van der Waals surface area contributed by atoms with E-state index in [4.69, 9.17) is 20.3 Å². The fourth-order valence-corrected chi connectivity index (χ4v) is 6.43. The molecule has 16 nitrogen and oxygen atoms in total. The van der Waals surface area contributed by atoms with Crippen molar-refractivity contribution in [1.82, 2.24) is 9.55 Å². The van der Waals surface area contributed by atoms with Gasteiger partial charge in [-0.15, -0.1) is 5.92 Å². The number of anilines is 1. The third kappa shape index (κ3) is 6.79. The first-order valence-corrected chi connectivity index (χ1v) is 13.5. The number of aliphatic hydroxyl groups excluding tert-OH is 1. The monoisotopic (exact) mass is 551 g/mol. The SMILES string of the molecule is CC#CC1(F)C(CO)[C@@H]([C@@H](C)OP(=O)(O)OP(=O)(O)OP(=O)(O)O)O[C@H]1n1ccc(N)nc1=O. The lowest BCUT2D eigenvalue weighted by molar-refractivity contribution is -0.0743. The standard InChI is InChI=1S/C14H21FN3O13P3/c1-3-5-14(15)9(7-19)11(28-12(14)18-6-4-10(16)17-13(18)20)8(2)29-33(24,25)31-34(26,27)30-32(21,22)23/h4,6,8-9,11-12,19H,7H2,1-2H3,(H,24,25)(H,26,27)(H2,16,17,20)(H2,21,22,23)/t8-,9?,11-,12-,14?/m1/s1. The maximum absolute atomic E-state index is 16.0. The number of hydrogen-bond donors (Lipinski definition) is 6. The molecule has 0 bridgehead atoms. The first kappa shape index (κ1) is 28.7. The van der Waals surface area contributed by atoms with Crippen LogP contribution < -0.4 is 11.4 Å². The first-order chi connectivity index (χ1) is 15.4. The van der Waals surface area contributed by atoms with Crippen LogP contribution in [0, 0.1) is 17.8 Å². The molecule has 0 saturated carbocycles. The molecule has 1 aliphatic rings. The Kier molecular flexibility index (Phi) is 8.65. The van der Waals surface area contributed by atoms with Crippen molar-refractivity contribution in [3.63, 3.8) is 0 Å². The largest absolute Gasteiger partial charge is 0.490 e. The van der Waals surface area contributed by atoms with Crippen molar-refractivity contribution in [2.24, 2.45) is 5.92 Å². The molecule has 4 unspecified atom stereocenters. The van der Waals surface area contributed by atoms with Crippen LogP contribution >= 0.6 is 23.5 Å². The van der Waals surface area contributed by atoms with Gasteiger partial charge in [-0.1, -0.05) is 5.92 Å². The summed E-state index contributed by atoms with van der Waals surface area (Å²) in [7, 11) is -17.0. The van der Waals surface area contributed by atoms with Crippen molar-refractivity contribution in [3.8, 4) is 11.8 Å². The summed E-state index contributed by atoms with van der Waals surface area (Å²) in [5.74, 6) is 2.71. The Labute approximate surface area is 190 Å². The summed E-state index contributed by atoms with van der Waals surface area (Å²) >= 11 is 0. The zero-order valence-electron chi connectivity index (χ0n) is 17.4. The van der Waals surface area contributed by atoms with Gasteiger partial charge in [0.15, 0.2) is 6.23 Å². The maximum Gasteiger partial charge on any atom is 0.490 e. The summed E-state index contributed by atoms with van der Waals surface area (Å²) in [6, 6.07) is 1.15. The molecular weight excluding hydrogens is 530 g/mol. The Balaban J connectivity index is 2.37. The number of alkyl halides is 1. The zero-order valence-corrected chi connectivity index (χ0v) is 20.0. The van der Waals surface area contributed by atoms with Crippen LogP contribution in [-0.4, -0.2) is 58.7 Å². The fourth-order valence-electron chi connectivity index (χ4n) is 3.23. The van der Waals surface area contributed by atoms with Crippen LogP contribution in [0.2, 0.25) is 0 Å². The molecule has 0 aromatic carbocycles. The lowest BCUT2D eigenvalue weighted by Crippen LogP contribution is -2.43. The van der Waals surface area contributed by atoms with Crippen LogP contribution in [0.4, 0.5) is 10.2 Å². The van der Waals surface area contributed by atoms with Crippen LogP contribution in [0.5, 0.6) is 0 Å². The van der Waals surface area contributed by atoms with Crippen molar-refractivity contribution >= 4 is 29.3 Å². The van der Waals surface area contributed by atoms with E-state index >= 15 is 4.39 Å². The van der Waals surface area contributed by atoms with Crippen LogP contribution in [0.1, 0.15) is 20.1 Å². The zero-order chi connectivity index (χ0) is 26.1. The second-order valence-electron chi connectivity index (χ2n) is 6.83. The molecule has 1 aromatic rings. The van der Waals surface area contributed by atoms with Gasteiger partial charge in [-0.3, -0.25) is 9.09 Å². The molecule has 2 heterocycles. The quantitative estimate of drug-likeness (QED) is 0.172. The van der Waals surface area contributed by atoms with Crippen molar-refractivity contribution in [2.45, 2.75) is 38.0 Å². The Morgan fingerprint density at radius 3 is 2.41 bits per heavy atom. The second-order valence-corrected chi connectivity index (χ2v) is 11.2. The van der Waals surface area contributed by atoms with Gasteiger partial charge < -0.3 is 35.2 Å². The molecule has 1 fully saturated rings. The molecule has 192 valence electrons. The average molecular weight is 551 g/mol. The summed E-state index contributed by atoms with van der Waals surface area (Å²) in [6.07, 6.45) is -4.10. The van der Waals surface area contributed by atoms with E-state index in [9.17, 15) is 33.4 Å². The highest BCUT2D eigenvalue weighted by Crippen LogP contribution is 2.67. The van der Waals surface area contributed by atoms with Crippen molar-refractivity contribution < 1.29 is 60.6 Å². The van der Waals surface area contributed by atoms with E-state index in [2.05, 4.69) is 30.0 Å². The molecule has 20 heteroatoms. The molecule has 7 atom stereocenters. The Morgan fingerprint density at radius 1 is 1.29 bits per heavy atom. The second kappa shape index (κ2) is 10.2. The number of nitrogens with zero attached hydrogens (tertiary/aromatic N) is 2. The van der Waals surface area contributed by atoms with Gasteiger partial charge in [-0.2, -0.15) is 13.6 Å². The van der Waals surface area contributed by atoms with Crippen LogP contribution in [-0.2, 0) is 31.6 Å². The minimum absolute atomic E-state index is 0.179. The van der Waals surface area contributed by atoms with Crippen LogP contribution in [0.15, 0.2) is 17.1 Å². The first-order valence-electron chi connectivity index (χ1n) is 9.00. The van der Waals surface area contributed by atoms with E-state index < -0.39 is 65.8 Å². The fraction of sp³-hybridized carbons (Fsp3) is 0.571. The molecule has 0 aliphatic carbocycles. The highest BCUT2D eigenvalue weighted by molar-refractivity contribution is 7.66. The number of aromatic nitrogens is 2. The van der Waals surface area contributed by atoms with E-state index in [0.717, 1.165) is 19.2 Å². The summed E-state index contributed by atoms with van der Waals surface area (Å²) in [4.78, 5) is 51.9. The molecule has 2 rings (SSSR count). The van der Waals surface area contributed by atoms with E-state index in [-0.39, 0.29) is 5.82 Å². The topological polar surface area (TPSA) is 250 Å². The summed E-state index contributed by atoms with van der Waals surface area (Å²) in [6.45, 7) is 1.32. The average Bonchev–Trinajstić information content (AvgIpc) is 2.90. The highest BCUT2D eigenvalue weighted by Gasteiger charge is 2.60. The molecule has 7 N–H and O–H groups in total. The van der Waals surface area contributed by atoms with Gasteiger partial charge in [0, 0.05) is 6.20 Å². The predicted molar refractivity (Wildman–Crippen MR) is 109 cm³/mol. The minimum atomic E-state index is -5.81. The number of aliphatic hydroxyl groups is 1. The van der Waals surface area contributed by atoms with E-state index in [1.807, 2.05) is 0 Å². The Hall–Kier alpha value is -1.50. The molecule has 1 saturated heterocycles. The maximum atomic E-state index is 16.0. The Bertz CT molecular complexity index is 1180. The van der Waals surface area contributed by atoms with Gasteiger partial charge in [-0.05, 0) is 19.9 Å². The number of phosphoric ester groups is 1. The summed E-state index contributed by atoms with van der Waals surface area (Å²) in [5.41, 5.74) is 1.62. The van der Waals surface area contributed by atoms with Gasteiger partial charge in [0.05, 0.1) is 24.7 Å². The third-order valence-corrected chi connectivity index (χ3v) is 8.30. The van der Waals surface area contributed by atoms with E-state index in [1.165, 1.54) is 6.92 Å². The normalized spacial score (nSPS) is 29.5. The Morgan fingerprint density at radius 2 is 1.91 bits per heavy atom. The minimum Gasteiger partial charge on any atom is -0.396 e. The molecule has 34 heavy (non-hydrogen) atoms. The third-order valence-electron chi connectivity index (χ3n) is 4.38. The van der Waals surface area contributed by atoms with Gasteiger partial charge >= 0.3 is 29.2 Å². The van der Waals surface area contributed by atoms with Gasteiger partial charge in [0.2, 0.25) is 5.67 Å². The summed E-state index contributed by atoms with van der Waals surface area (Å²) in [5, 5.41) is 9.82. The summed E-state index contributed by atoms with van der Waals surface area (Å²) < 4.78 is 68.5. The van der Waals surface area contributed by atoms with Crippen LogP contribution in [0.25, 0.3) is 0 Å². The molecule has 0 spiro atoms. The number of ether oxygens (including phenoxy) is 1. The smallest absolute Gasteiger partial charge is 0.396 e. The van der Waals surface area contributed by atoms with Gasteiger partial charge in [0.1, 0.15) is 5.82 Å². The lowest BCUT2D eigenvalue weighted by Gasteiger charge is -2.27. The molecule has 0 radical (unpaired) electrons. The molecular formula is C14H21FN3O13P3. The van der Waals surface area contributed by atoms with E-state index in [0.29, 0.717) is 4.57 Å². The van der Waals surface area contributed by atoms with Gasteiger partial charge in [-0.25, -0.2) is 22.9 Å². The number of rotatable bonds is 9. The van der Waals surface area contributed by atoms with Crippen molar-refractivity contribution in [2.75, 3.05) is 12.3 Å². The predicted octanol–water partition coefficient (Wildman–Crippen LogP) is -0.205. The van der Waals surface area contributed by atoms with Gasteiger partial charge in [0.25, 0.3) is 0 Å². The van der Waals surface area contributed by atoms with Crippen LogP contribution in [0.3, 0.4) is 0 Å². The lowest BCUT2D eigenvalue weighted by atomic mass is 9.85. The molecule has 0 amide bonds. The molecule has 1 aromatic heterocycles. The van der Waals surface area contributed by atoms with Crippen molar-refractivity contribution in [1.29, 1.82) is 0 Å². The number of nitrogens with two attached hydrogens (primary N) is 1.